The Morgan fingerprint density at radius 3 is 2.29 bits per heavy atom. The van der Waals surface area contributed by atoms with Crippen molar-refractivity contribution in [2.45, 2.75) is 51.9 Å². The first-order valence-corrected chi connectivity index (χ1v) is 13.8. The van der Waals surface area contributed by atoms with Crippen molar-refractivity contribution in [3.63, 3.8) is 0 Å². The predicted octanol–water partition coefficient (Wildman–Crippen LogP) is 4.15. The molecule has 34 heavy (non-hydrogen) atoms. The lowest BCUT2D eigenvalue weighted by Gasteiger charge is -2.30. The molecular formula is C27H38N2O4S. The number of benzene rings is 2. The third-order valence-corrected chi connectivity index (χ3v) is 8.28. The van der Waals surface area contributed by atoms with Crippen LogP contribution in [0.5, 0.6) is 5.75 Å². The molecule has 0 saturated carbocycles. The summed E-state index contributed by atoms with van der Waals surface area (Å²) >= 11 is 0. The fraction of sp³-hybridized carbons (Fsp3) is 0.519. The van der Waals surface area contributed by atoms with Crippen LogP contribution in [-0.2, 0) is 26.7 Å². The summed E-state index contributed by atoms with van der Waals surface area (Å²) in [6, 6.07) is 18.0. The van der Waals surface area contributed by atoms with E-state index in [4.69, 9.17) is 4.74 Å². The zero-order chi connectivity index (χ0) is 24.6. The number of piperidine rings is 1. The second kappa shape index (κ2) is 11.8. The highest BCUT2D eigenvalue weighted by Gasteiger charge is 2.30. The summed E-state index contributed by atoms with van der Waals surface area (Å²) in [4.78, 5) is 12.5. The Hall–Kier alpha value is -2.38. The summed E-state index contributed by atoms with van der Waals surface area (Å²) < 4.78 is 32.7. The van der Waals surface area contributed by atoms with Gasteiger partial charge in [0.1, 0.15) is 12.4 Å². The van der Waals surface area contributed by atoms with Gasteiger partial charge in [0.05, 0.1) is 12.3 Å². The summed E-state index contributed by atoms with van der Waals surface area (Å²) in [5.41, 5.74) is 2.50. The largest absolute Gasteiger partial charge is 0.492 e. The maximum Gasteiger partial charge on any atom is 0.223 e. The van der Waals surface area contributed by atoms with Crippen molar-refractivity contribution in [3.05, 3.63) is 65.7 Å². The number of ether oxygens (including phenoxy) is 1. The second-order valence-corrected chi connectivity index (χ2v) is 12.1. The van der Waals surface area contributed by atoms with Crippen LogP contribution in [0.2, 0.25) is 0 Å². The fourth-order valence-corrected chi connectivity index (χ4v) is 5.70. The molecule has 0 aromatic heterocycles. The molecule has 186 valence electrons. The smallest absolute Gasteiger partial charge is 0.223 e. The Bertz CT molecular complexity index is 1010. The van der Waals surface area contributed by atoms with Crippen LogP contribution in [0.4, 0.5) is 0 Å². The maximum absolute atomic E-state index is 12.7. The first-order chi connectivity index (χ1) is 16.1. The van der Waals surface area contributed by atoms with Gasteiger partial charge in [0.15, 0.2) is 0 Å². The molecule has 0 bridgehead atoms. The molecule has 1 amide bonds. The van der Waals surface area contributed by atoms with Crippen LogP contribution in [0.15, 0.2) is 54.6 Å². The standard InChI is InChI=1S/C27H38N2O4S/c1-27(2,3)24-11-13-25(14-12-24)33-20-17-28-26(30)23-15-18-29(19-16-23)34(31,32)21-7-10-22-8-5-4-6-9-22/h4-6,8-9,11-14,23H,7,10,15-21H2,1-3H3,(H,28,30). The number of amides is 1. The van der Waals surface area contributed by atoms with Gasteiger partial charge < -0.3 is 10.1 Å². The average molecular weight is 487 g/mol. The minimum Gasteiger partial charge on any atom is -0.492 e. The Morgan fingerprint density at radius 1 is 1.03 bits per heavy atom. The van der Waals surface area contributed by atoms with Crippen molar-refractivity contribution in [2.75, 3.05) is 32.0 Å². The van der Waals surface area contributed by atoms with Gasteiger partial charge in [-0.15, -0.1) is 0 Å². The van der Waals surface area contributed by atoms with Crippen molar-refractivity contribution in [2.24, 2.45) is 5.92 Å². The van der Waals surface area contributed by atoms with Crippen LogP contribution >= 0.6 is 0 Å². The van der Waals surface area contributed by atoms with Crippen molar-refractivity contribution in [1.29, 1.82) is 0 Å². The molecule has 1 aliphatic rings. The van der Waals surface area contributed by atoms with Gasteiger partial charge in [-0.25, -0.2) is 12.7 Å². The van der Waals surface area contributed by atoms with E-state index in [0.29, 0.717) is 45.5 Å². The lowest BCUT2D eigenvalue weighted by Crippen LogP contribution is -2.44. The van der Waals surface area contributed by atoms with E-state index < -0.39 is 10.0 Å². The SMILES string of the molecule is CC(C)(C)c1ccc(OCCNC(=O)C2CCN(S(=O)(=O)CCCc3ccccc3)CC2)cc1. The quantitative estimate of drug-likeness (QED) is 0.512. The van der Waals surface area contributed by atoms with E-state index in [9.17, 15) is 13.2 Å². The third-order valence-electron chi connectivity index (χ3n) is 6.32. The number of hydrogen-bond donors (Lipinski definition) is 1. The van der Waals surface area contributed by atoms with Gasteiger partial charge in [0.25, 0.3) is 0 Å². The first-order valence-electron chi connectivity index (χ1n) is 12.2. The van der Waals surface area contributed by atoms with Gasteiger partial charge in [0, 0.05) is 19.0 Å². The highest BCUT2D eigenvalue weighted by atomic mass is 32.2. The minimum atomic E-state index is -3.28. The van der Waals surface area contributed by atoms with Crippen LogP contribution in [0.25, 0.3) is 0 Å². The van der Waals surface area contributed by atoms with Gasteiger partial charge in [-0.2, -0.15) is 0 Å². The topological polar surface area (TPSA) is 75.7 Å². The van der Waals surface area contributed by atoms with Crippen molar-refractivity contribution in [1.82, 2.24) is 9.62 Å². The van der Waals surface area contributed by atoms with E-state index >= 15 is 0 Å². The van der Waals surface area contributed by atoms with Crippen molar-refractivity contribution >= 4 is 15.9 Å². The van der Waals surface area contributed by atoms with E-state index in [1.165, 1.54) is 5.56 Å². The second-order valence-electron chi connectivity index (χ2n) is 9.99. The summed E-state index contributed by atoms with van der Waals surface area (Å²) in [5, 5.41) is 2.93. The fourth-order valence-electron chi connectivity index (χ4n) is 4.17. The molecule has 1 N–H and O–H groups in total. The van der Waals surface area contributed by atoms with Crippen molar-refractivity contribution < 1.29 is 17.9 Å². The molecule has 1 heterocycles. The maximum atomic E-state index is 12.7. The molecule has 3 rings (SSSR count). The van der Waals surface area contributed by atoms with E-state index in [-0.39, 0.29) is 23.0 Å². The number of nitrogens with zero attached hydrogens (tertiary/aromatic N) is 1. The monoisotopic (exact) mass is 486 g/mol. The summed E-state index contributed by atoms with van der Waals surface area (Å²) in [7, 11) is -3.28. The van der Waals surface area contributed by atoms with E-state index in [2.05, 4.69) is 38.2 Å². The normalized spacial score (nSPS) is 15.7. The van der Waals surface area contributed by atoms with Crippen LogP contribution in [0, 0.1) is 5.92 Å². The van der Waals surface area contributed by atoms with Gasteiger partial charge in [-0.1, -0.05) is 63.2 Å². The predicted molar refractivity (Wildman–Crippen MR) is 136 cm³/mol. The zero-order valence-electron chi connectivity index (χ0n) is 20.6. The lowest BCUT2D eigenvalue weighted by atomic mass is 9.87. The number of carbonyl (C=O) groups excluding carboxylic acids is 1. The number of carbonyl (C=O) groups is 1. The molecular weight excluding hydrogens is 448 g/mol. The van der Waals surface area contributed by atoms with E-state index in [1.807, 2.05) is 42.5 Å². The Morgan fingerprint density at radius 2 is 1.68 bits per heavy atom. The van der Waals surface area contributed by atoms with Gasteiger partial charge >= 0.3 is 0 Å². The lowest BCUT2D eigenvalue weighted by molar-refractivity contribution is -0.126. The molecule has 0 aliphatic carbocycles. The highest BCUT2D eigenvalue weighted by Crippen LogP contribution is 2.24. The molecule has 2 aromatic carbocycles. The van der Waals surface area contributed by atoms with Gasteiger partial charge in [0.2, 0.25) is 15.9 Å². The van der Waals surface area contributed by atoms with Crippen LogP contribution in [0.1, 0.15) is 51.2 Å². The zero-order valence-corrected chi connectivity index (χ0v) is 21.4. The Balaban J connectivity index is 1.34. The molecule has 0 radical (unpaired) electrons. The van der Waals surface area contributed by atoms with Gasteiger partial charge in [-0.05, 0) is 54.4 Å². The van der Waals surface area contributed by atoms with Crippen LogP contribution in [-0.4, -0.2) is 50.6 Å². The number of nitrogens with one attached hydrogen (secondary N) is 1. The average Bonchev–Trinajstić information content (AvgIpc) is 2.82. The van der Waals surface area contributed by atoms with Crippen LogP contribution < -0.4 is 10.1 Å². The molecule has 1 fully saturated rings. The summed E-state index contributed by atoms with van der Waals surface area (Å²) in [6.07, 6.45) is 2.46. The molecule has 6 nitrogen and oxygen atoms in total. The van der Waals surface area contributed by atoms with Crippen LogP contribution in [0.3, 0.4) is 0 Å². The molecule has 0 atom stereocenters. The summed E-state index contributed by atoms with van der Waals surface area (Å²) in [6.45, 7) is 8.15. The van der Waals surface area contributed by atoms with E-state index in [0.717, 1.165) is 17.7 Å². The number of rotatable bonds is 10. The van der Waals surface area contributed by atoms with E-state index in [1.54, 1.807) is 4.31 Å². The Labute approximate surface area is 204 Å². The first kappa shape index (κ1) is 26.2. The molecule has 1 saturated heterocycles. The number of aryl methyl sites for hydroxylation is 1. The number of hydrogen-bond acceptors (Lipinski definition) is 4. The van der Waals surface area contributed by atoms with Crippen molar-refractivity contribution in [3.8, 4) is 5.75 Å². The highest BCUT2D eigenvalue weighted by molar-refractivity contribution is 7.89. The molecule has 7 heteroatoms. The molecule has 1 aliphatic heterocycles. The number of sulfonamides is 1. The summed E-state index contributed by atoms with van der Waals surface area (Å²) in [5.74, 6) is 0.759. The minimum absolute atomic E-state index is 0.0205. The Kier molecular flexibility index (Phi) is 9.14. The molecule has 0 spiro atoms. The molecule has 2 aromatic rings. The molecule has 0 unspecified atom stereocenters. The van der Waals surface area contributed by atoms with Gasteiger partial charge in [-0.3, -0.25) is 4.79 Å². The third kappa shape index (κ3) is 7.84.